The molecule has 4 aromatic rings. The molecule has 4 aromatic carbocycles. The number of fused-ring (bicyclic) bond motifs is 5. The Kier molecular flexibility index (Phi) is 10.7. The molecule has 1 unspecified atom stereocenters. The topological polar surface area (TPSA) is 0 Å². The van der Waals surface area contributed by atoms with Gasteiger partial charge in [0.15, 0.2) is 0 Å². The predicted octanol–water partition coefficient (Wildman–Crippen LogP) is 12.9. The van der Waals surface area contributed by atoms with Crippen LogP contribution in [0.5, 0.6) is 0 Å². The van der Waals surface area contributed by atoms with Crippen LogP contribution in [-0.4, -0.2) is 7.42 Å². The van der Waals surface area contributed by atoms with Crippen LogP contribution in [0.1, 0.15) is 107 Å². The minimum atomic E-state index is -0.623. The number of hydrogen-bond acceptors (Lipinski definition) is 0. The van der Waals surface area contributed by atoms with E-state index in [4.69, 9.17) is 23.2 Å². The van der Waals surface area contributed by atoms with Crippen LogP contribution >= 0.6 is 23.2 Å². The molecule has 0 aromatic heterocycles. The number of halogens is 2. The van der Waals surface area contributed by atoms with E-state index in [2.05, 4.69) is 143 Å². The van der Waals surface area contributed by atoms with E-state index in [-0.39, 0.29) is 10.8 Å². The maximum absolute atomic E-state index is 5.84. The molecule has 0 radical (unpaired) electrons. The van der Waals surface area contributed by atoms with E-state index >= 15 is 0 Å². The molecule has 3 heteroatoms. The molecule has 0 nitrogen and oxygen atoms in total. The van der Waals surface area contributed by atoms with Gasteiger partial charge >= 0.3 is 123 Å². The summed E-state index contributed by atoms with van der Waals surface area (Å²) in [7, 11) is 0. The molecule has 0 saturated heterocycles. The molecule has 0 aliphatic heterocycles. The van der Waals surface area contributed by atoms with Crippen molar-refractivity contribution in [3.63, 3.8) is 0 Å². The molecule has 4 aliphatic rings. The van der Waals surface area contributed by atoms with Crippen molar-refractivity contribution >= 4 is 41.8 Å². The third kappa shape index (κ3) is 7.92. The Morgan fingerprint density at radius 1 is 0.660 bits per heavy atom. The van der Waals surface area contributed by atoms with E-state index in [1.165, 1.54) is 77.9 Å². The number of rotatable bonds is 2. The summed E-state index contributed by atoms with van der Waals surface area (Å²) in [4.78, 5) is 0. The first kappa shape index (κ1) is 36.8. The Balaban J connectivity index is 0.000000149. The molecule has 0 spiro atoms. The first-order valence-corrected chi connectivity index (χ1v) is 21.1. The van der Waals surface area contributed by atoms with E-state index in [1.54, 1.807) is 0 Å². The fraction of sp³-hybridized carbons (Fsp3) is 0.277. The van der Waals surface area contributed by atoms with E-state index < -0.39 is 22.3 Å². The average molecular weight is 773 g/mol. The molecule has 50 heavy (non-hydrogen) atoms. The zero-order chi connectivity index (χ0) is 36.0. The summed E-state index contributed by atoms with van der Waals surface area (Å²) < 4.78 is 4.66. The van der Waals surface area contributed by atoms with Crippen LogP contribution in [0.25, 0.3) is 22.3 Å². The molecule has 0 fully saturated rings. The van der Waals surface area contributed by atoms with Crippen molar-refractivity contribution in [2.45, 2.75) is 79.6 Å². The SMILES string of the molecule is CC1=[C-]C(C)(C)c2cc3c(cc21)-c1cc2c(cc1C3)C(C)(C)C=C2C.CC1=[C-]C(C)C=C1C.Clc1ccc([CH]=[Zr]=[CH]c2ccc(Cl)cc2)cc1. The van der Waals surface area contributed by atoms with Crippen molar-refractivity contribution in [1.29, 1.82) is 0 Å². The van der Waals surface area contributed by atoms with Crippen molar-refractivity contribution in [3.05, 3.63) is 163 Å². The second-order valence-electron chi connectivity index (χ2n) is 15.2. The van der Waals surface area contributed by atoms with E-state index in [9.17, 15) is 0 Å². The van der Waals surface area contributed by atoms with Gasteiger partial charge in [-0.25, -0.2) is 16.7 Å². The van der Waals surface area contributed by atoms with Gasteiger partial charge in [-0.2, -0.15) is 11.6 Å². The van der Waals surface area contributed by atoms with Gasteiger partial charge in [0.25, 0.3) is 0 Å². The van der Waals surface area contributed by atoms with Crippen molar-refractivity contribution in [2.24, 2.45) is 5.92 Å². The Bertz CT molecular complexity index is 2010. The molecule has 4 aliphatic carbocycles. The number of hydrogen-bond donors (Lipinski definition) is 0. The molecule has 1 atom stereocenters. The fourth-order valence-electron chi connectivity index (χ4n) is 7.62. The summed E-state index contributed by atoms with van der Waals surface area (Å²) in [6.07, 6.45) is 12.7. The Morgan fingerprint density at radius 2 is 1.18 bits per heavy atom. The standard InChI is InChI=1S/C25H25.C8H11.2C7H5Cl.Zr/c1-14-12-24(3,4)22-8-16-7-17-9-23-19(15(2)13-25(23,5)6)11-21(17)20(16)10-18(14)22;1-6-4-7(2)8(3)5-6;2*1-6-2-4-7(8)5-3-6;/h8-12H,7H2,1-6H3;4,6H,1-3H3;2*1-5H;/q2*-1;;;. The first-order chi connectivity index (χ1) is 23.6. The van der Waals surface area contributed by atoms with E-state index in [0.29, 0.717) is 5.92 Å². The maximum atomic E-state index is 5.84. The summed E-state index contributed by atoms with van der Waals surface area (Å²) >= 11 is 11.0. The van der Waals surface area contributed by atoms with Crippen molar-refractivity contribution < 1.29 is 22.3 Å². The number of benzene rings is 4. The van der Waals surface area contributed by atoms with Gasteiger partial charge in [-0.3, -0.25) is 12.2 Å². The van der Waals surface area contributed by atoms with Gasteiger partial charge in [-0.1, -0.05) is 78.0 Å². The zero-order valence-electron chi connectivity index (χ0n) is 30.8. The Labute approximate surface area is 321 Å². The molecule has 0 bridgehead atoms. The quantitative estimate of drug-likeness (QED) is 0.157. The molecule has 0 saturated carbocycles. The molecule has 0 N–H and O–H groups in total. The van der Waals surface area contributed by atoms with Crippen LogP contribution in [0.2, 0.25) is 10.0 Å². The van der Waals surface area contributed by atoms with Crippen molar-refractivity contribution in [2.75, 3.05) is 0 Å². The van der Waals surface area contributed by atoms with Crippen molar-refractivity contribution in [3.8, 4) is 11.1 Å². The average Bonchev–Trinajstić information content (AvgIpc) is 3.71. The summed E-state index contributed by atoms with van der Waals surface area (Å²) in [5.41, 5.74) is 19.8. The monoisotopic (exact) mass is 770 g/mol. The summed E-state index contributed by atoms with van der Waals surface area (Å²) in [6, 6.07) is 25.7. The van der Waals surface area contributed by atoms with Gasteiger partial charge < -0.3 is 0 Å². The first-order valence-electron chi connectivity index (χ1n) is 17.5. The third-order valence-corrected chi connectivity index (χ3v) is 13.2. The second kappa shape index (κ2) is 14.6. The van der Waals surface area contributed by atoms with Crippen LogP contribution in [0.4, 0.5) is 0 Å². The van der Waals surface area contributed by atoms with E-state index in [1.807, 2.05) is 24.3 Å². The Morgan fingerprint density at radius 3 is 1.66 bits per heavy atom. The van der Waals surface area contributed by atoms with Crippen LogP contribution < -0.4 is 0 Å². The third-order valence-electron chi connectivity index (χ3n) is 10.2. The van der Waals surface area contributed by atoms with Gasteiger partial charge in [0.05, 0.1) is 0 Å². The van der Waals surface area contributed by atoms with Crippen molar-refractivity contribution in [1.82, 2.24) is 0 Å². The molecule has 8 rings (SSSR count). The summed E-state index contributed by atoms with van der Waals surface area (Å²) in [5.74, 6) is 0.551. The second-order valence-corrected chi connectivity index (χ2v) is 18.3. The van der Waals surface area contributed by atoms with Crippen LogP contribution in [0.3, 0.4) is 0 Å². The summed E-state index contributed by atoms with van der Waals surface area (Å²) in [6.45, 7) is 20.1. The fourth-order valence-corrected chi connectivity index (χ4v) is 9.97. The molecule has 254 valence electrons. The summed E-state index contributed by atoms with van der Waals surface area (Å²) in [5, 5.41) is 1.57. The van der Waals surface area contributed by atoms with Crippen LogP contribution in [0.15, 0.2) is 96.1 Å². The molecular weight excluding hydrogens is 727 g/mol. The van der Waals surface area contributed by atoms with E-state index in [0.717, 1.165) is 16.5 Å². The predicted molar refractivity (Wildman–Crippen MR) is 215 cm³/mol. The minimum absolute atomic E-state index is 0.0340. The van der Waals surface area contributed by atoms with Crippen LogP contribution in [0, 0.1) is 18.1 Å². The van der Waals surface area contributed by atoms with Gasteiger partial charge in [0.2, 0.25) is 0 Å². The van der Waals surface area contributed by atoms with Gasteiger partial charge in [-0.15, -0.1) is 18.6 Å². The number of allylic oxidation sites excluding steroid dienone is 8. The molecule has 0 amide bonds. The van der Waals surface area contributed by atoms with Gasteiger partial charge in [-0.05, 0) is 58.4 Å². The van der Waals surface area contributed by atoms with Gasteiger partial charge in [0.1, 0.15) is 0 Å². The molecule has 0 heterocycles. The van der Waals surface area contributed by atoms with Crippen LogP contribution in [-0.2, 0) is 39.5 Å². The Hall–Kier alpha value is -2.96. The molecular formula is C47H46Cl2Zr-2. The normalized spacial score (nSPS) is 17.9. The zero-order valence-corrected chi connectivity index (χ0v) is 34.7. The van der Waals surface area contributed by atoms with Gasteiger partial charge in [0, 0.05) is 5.41 Å².